The van der Waals surface area contributed by atoms with Crippen molar-refractivity contribution >= 4 is 22.7 Å². The summed E-state index contributed by atoms with van der Waals surface area (Å²) >= 11 is 0. The Hall–Kier alpha value is -2.32. The van der Waals surface area contributed by atoms with Gasteiger partial charge in [-0.05, 0) is 51.6 Å². The molecule has 0 bridgehead atoms. The molecule has 5 rings (SSSR count). The molecule has 0 N–H and O–H groups in total. The number of ether oxygens (including phenoxy) is 2. The van der Waals surface area contributed by atoms with Crippen molar-refractivity contribution in [3.63, 3.8) is 0 Å². The summed E-state index contributed by atoms with van der Waals surface area (Å²) in [6, 6.07) is 4.15. The van der Waals surface area contributed by atoms with E-state index in [1.165, 1.54) is 32.1 Å². The zero-order chi connectivity index (χ0) is 23.3. The number of rotatable bonds is 8. The van der Waals surface area contributed by atoms with Crippen LogP contribution in [0.3, 0.4) is 0 Å². The maximum atomic E-state index is 6.25. The monoisotopic (exact) mass is 468 g/mol. The van der Waals surface area contributed by atoms with Gasteiger partial charge in [-0.1, -0.05) is 0 Å². The number of hydrogen-bond acceptors (Lipinski definition) is 8. The molecule has 3 saturated heterocycles. The third-order valence-electron chi connectivity index (χ3n) is 7.47. The fourth-order valence-electron chi connectivity index (χ4n) is 5.33. The van der Waals surface area contributed by atoms with Crippen LogP contribution in [-0.4, -0.2) is 99.4 Å². The summed E-state index contributed by atoms with van der Waals surface area (Å²) < 4.78 is 12.0. The topological polar surface area (TPSA) is 57.2 Å². The maximum absolute atomic E-state index is 6.25. The third kappa shape index (κ3) is 5.33. The summed E-state index contributed by atoms with van der Waals surface area (Å²) in [4.78, 5) is 19.8. The summed E-state index contributed by atoms with van der Waals surface area (Å²) in [5, 5.41) is 1.06. The van der Waals surface area contributed by atoms with Gasteiger partial charge in [0.15, 0.2) is 11.5 Å². The minimum Gasteiger partial charge on any atom is -0.493 e. The second-order valence-corrected chi connectivity index (χ2v) is 9.96. The van der Waals surface area contributed by atoms with Crippen LogP contribution >= 0.6 is 0 Å². The predicted molar refractivity (Wildman–Crippen MR) is 138 cm³/mol. The SMILES string of the molecule is COc1cc2c(N3CCCCC3)nc(N3CCCC3)nc2cc1OCCCN1CCN(C)CC1. The molecule has 8 nitrogen and oxygen atoms in total. The Bertz CT molecular complexity index is 950. The van der Waals surface area contributed by atoms with Crippen LogP contribution in [-0.2, 0) is 0 Å². The smallest absolute Gasteiger partial charge is 0.227 e. The summed E-state index contributed by atoms with van der Waals surface area (Å²) in [5.41, 5.74) is 0.951. The van der Waals surface area contributed by atoms with Gasteiger partial charge in [-0.2, -0.15) is 4.98 Å². The van der Waals surface area contributed by atoms with Gasteiger partial charge in [0, 0.05) is 70.4 Å². The van der Waals surface area contributed by atoms with Crippen LogP contribution in [0.5, 0.6) is 11.5 Å². The van der Waals surface area contributed by atoms with E-state index in [9.17, 15) is 0 Å². The third-order valence-corrected chi connectivity index (χ3v) is 7.47. The first-order valence-electron chi connectivity index (χ1n) is 13.1. The Morgan fingerprint density at radius 3 is 2.24 bits per heavy atom. The molecular formula is C26H40N6O2. The molecule has 0 atom stereocenters. The predicted octanol–water partition coefficient (Wildman–Crippen LogP) is 3.25. The highest BCUT2D eigenvalue weighted by Gasteiger charge is 2.23. The minimum atomic E-state index is 0.678. The number of benzene rings is 1. The van der Waals surface area contributed by atoms with Gasteiger partial charge in [-0.15, -0.1) is 0 Å². The zero-order valence-electron chi connectivity index (χ0n) is 21.0. The van der Waals surface area contributed by atoms with Crippen molar-refractivity contribution in [3.05, 3.63) is 12.1 Å². The minimum absolute atomic E-state index is 0.678. The Morgan fingerprint density at radius 2 is 1.50 bits per heavy atom. The van der Waals surface area contributed by atoms with E-state index in [4.69, 9.17) is 19.4 Å². The van der Waals surface area contributed by atoms with Gasteiger partial charge in [-0.3, -0.25) is 0 Å². The van der Waals surface area contributed by atoms with E-state index in [-0.39, 0.29) is 0 Å². The van der Waals surface area contributed by atoms with Crippen LogP contribution in [0, 0.1) is 0 Å². The van der Waals surface area contributed by atoms with Gasteiger partial charge in [0.2, 0.25) is 5.95 Å². The first-order chi connectivity index (χ1) is 16.7. The van der Waals surface area contributed by atoms with Crippen molar-refractivity contribution in [2.24, 2.45) is 0 Å². The number of likely N-dealkylation sites (N-methyl/N-ethyl adjacent to an activating group) is 1. The number of nitrogens with zero attached hydrogens (tertiary/aromatic N) is 6. The van der Waals surface area contributed by atoms with Crippen molar-refractivity contribution in [1.29, 1.82) is 0 Å². The number of fused-ring (bicyclic) bond motifs is 1. The number of hydrogen-bond donors (Lipinski definition) is 0. The fourth-order valence-corrected chi connectivity index (χ4v) is 5.33. The molecule has 3 fully saturated rings. The van der Waals surface area contributed by atoms with Gasteiger partial charge >= 0.3 is 0 Å². The molecule has 1 aromatic heterocycles. The first-order valence-corrected chi connectivity index (χ1v) is 13.1. The van der Waals surface area contributed by atoms with Crippen LogP contribution < -0.4 is 19.3 Å². The summed E-state index contributed by atoms with van der Waals surface area (Å²) in [6.07, 6.45) is 7.17. The van der Waals surface area contributed by atoms with Gasteiger partial charge in [0.05, 0.1) is 19.2 Å². The molecule has 0 amide bonds. The van der Waals surface area contributed by atoms with Crippen molar-refractivity contribution in [1.82, 2.24) is 19.8 Å². The van der Waals surface area contributed by atoms with Crippen LogP contribution in [0.2, 0.25) is 0 Å². The first kappa shape index (κ1) is 23.4. The second-order valence-electron chi connectivity index (χ2n) is 9.96. The van der Waals surface area contributed by atoms with E-state index in [0.717, 1.165) is 99.5 Å². The molecule has 8 heteroatoms. The van der Waals surface area contributed by atoms with E-state index in [2.05, 4.69) is 38.8 Å². The normalized spacial score (nSPS) is 20.3. The molecule has 1 aromatic carbocycles. The number of piperazine rings is 1. The number of aromatic nitrogens is 2. The number of piperidine rings is 1. The standard InChI is InChI=1S/C26H40N6O2/c1-29-14-16-30(17-15-29)9-8-18-34-24-20-22-21(19-23(24)33-2)25(31-10-4-3-5-11-31)28-26(27-22)32-12-6-7-13-32/h19-20H,3-18H2,1-2H3. The largest absolute Gasteiger partial charge is 0.493 e. The van der Waals surface area contributed by atoms with E-state index in [1.807, 2.05) is 0 Å². The Labute approximate surface area is 203 Å². The van der Waals surface area contributed by atoms with Crippen molar-refractivity contribution < 1.29 is 9.47 Å². The molecule has 0 spiro atoms. The van der Waals surface area contributed by atoms with E-state index in [1.54, 1.807) is 7.11 Å². The molecule has 0 aliphatic carbocycles. The van der Waals surface area contributed by atoms with E-state index >= 15 is 0 Å². The highest BCUT2D eigenvalue weighted by atomic mass is 16.5. The highest BCUT2D eigenvalue weighted by molar-refractivity contribution is 5.93. The quantitative estimate of drug-likeness (QED) is 0.548. The molecule has 4 heterocycles. The molecule has 3 aliphatic heterocycles. The molecule has 186 valence electrons. The van der Waals surface area contributed by atoms with Gasteiger partial charge in [-0.25, -0.2) is 4.98 Å². The lowest BCUT2D eigenvalue weighted by Gasteiger charge is -2.32. The fraction of sp³-hybridized carbons (Fsp3) is 0.692. The van der Waals surface area contributed by atoms with Gasteiger partial charge < -0.3 is 29.1 Å². The Morgan fingerprint density at radius 1 is 0.794 bits per heavy atom. The lowest BCUT2D eigenvalue weighted by Crippen LogP contribution is -2.44. The lowest BCUT2D eigenvalue weighted by molar-refractivity contribution is 0.145. The summed E-state index contributed by atoms with van der Waals surface area (Å²) in [5.74, 6) is 3.45. The maximum Gasteiger partial charge on any atom is 0.227 e. The zero-order valence-corrected chi connectivity index (χ0v) is 21.0. The van der Waals surface area contributed by atoms with Crippen LogP contribution in [0.4, 0.5) is 11.8 Å². The Kier molecular flexibility index (Phi) is 7.54. The summed E-state index contributed by atoms with van der Waals surface area (Å²) in [6.45, 7) is 10.5. The second kappa shape index (κ2) is 11.0. The molecule has 2 aromatic rings. The highest BCUT2D eigenvalue weighted by Crippen LogP contribution is 2.37. The van der Waals surface area contributed by atoms with Crippen molar-refractivity contribution in [2.45, 2.75) is 38.5 Å². The summed E-state index contributed by atoms with van der Waals surface area (Å²) in [7, 11) is 3.92. The molecule has 3 aliphatic rings. The average Bonchev–Trinajstić information content (AvgIpc) is 3.42. The van der Waals surface area contributed by atoms with Crippen LogP contribution in [0.25, 0.3) is 10.9 Å². The molecule has 0 radical (unpaired) electrons. The van der Waals surface area contributed by atoms with E-state index < -0.39 is 0 Å². The van der Waals surface area contributed by atoms with Gasteiger partial charge in [0.25, 0.3) is 0 Å². The Balaban J connectivity index is 1.36. The number of methoxy groups -OCH3 is 1. The average molecular weight is 469 g/mol. The molecule has 0 saturated carbocycles. The molecule has 34 heavy (non-hydrogen) atoms. The van der Waals surface area contributed by atoms with Crippen molar-refractivity contribution in [3.8, 4) is 11.5 Å². The number of anilines is 2. The molecular weight excluding hydrogens is 428 g/mol. The van der Waals surface area contributed by atoms with Gasteiger partial charge in [0.1, 0.15) is 5.82 Å². The van der Waals surface area contributed by atoms with Crippen LogP contribution in [0.15, 0.2) is 12.1 Å². The van der Waals surface area contributed by atoms with E-state index in [0.29, 0.717) is 6.61 Å². The van der Waals surface area contributed by atoms with Crippen molar-refractivity contribution in [2.75, 3.05) is 89.5 Å². The lowest BCUT2D eigenvalue weighted by atomic mass is 10.1. The molecule has 0 unspecified atom stereocenters. The van der Waals surface area contributed by atoms with Crippen LogP contribution in [0.1, 0.15) is 38.5 Å².